The zero-order valence-corrected chi connectivity index (χ0v) is 12.6. The summed E-state index contributed by atoms with van der Waals surface area (Å²) in [4.78, 5) is 21.2. The molecule has 3 rings (SSSR count). The molecule has 0 radical (unpaired) electrons. The number of nitrogens with zero attached hydrogens (tertiary/aromatic N) is 2. The second kappa shape index (κ2) is 7.28. The fourth-order valence-electron chi connectivity index (χ4n) is 2.10. The maximum Gasteiger partial charge on any atom is 0.365 e. The Labute approximate surface area is 138 Å². The molecule has 0 spiro atoms. The third-order valence-electron chi connectivity index (χ3n) is 3.28. The van der Waals surface area contributed by atoms with Crippen molar-refractivity contribution in [1.29, 1.82) is 0 Å². The van der Waals surface area contributed by atoms with Crippen LogP contribution in [0.25, 0.3) is 0 Å². The number of hydrogen-bond donors (Lipinski definition) is 0. The highest BCUT2D eigenvalue weighted by Gasteiger charge is 2.11. The first-order chi connectivity index (χ1) is 11.7. The number of carbonyl (C=O) groups is 1. The quantitative estimate of drug-likeness (QED) is 0.417. The summed E-state index contributed by atoms with van der Waals surface area (Å²) in [7, 11) is 0. The van der Waals surface area contributed by atoms with E-state index < -0.39 is 11.8 Å². The second-order valence-electron chi connectivity index (χ2n) is 4.93. The Morgan fingerprint density at radius 2 is 1.58 bits per heavy atom. The number of benzene rings is 2. The molecule has 3 aromatic rings. The summed E-state index contributed by atoms with van der Waals surface area (Å²) >= 11 is 0. The predicted molar refractivity (Wildman–Crippen MR) is 88.1 cm³/mol. The summed E-state index contributed by atoms with van der Waals surface area (Å²) in [6, 6.07) is 18.0. The molecule has 1 heterocycles. The number of pyridine rings is 1. The summed E-state index contributed by atoms with van der Waals surface area (Å²) in [5, 5.41) is 4.00. The minimum atomic E-state index is -0.660. The van der Waals surface area contributed by atoms with Crippen molar-refractivity contribution < 1.29 is 14.0 Å². The molecular weight excluding hydrogens is 307 g/mol. The van der Waals surface area contributed by atoms with Crippen molar-refractivity contribution in [1.82, 2.24) is 4.98 Å². The molecule has 0 N–H and O–H groups in total. The SMILES string of the molecule is O=C(O/N=C(\c1ccccc1)c1cccnc1)c1ccc(F)cc1. The largest absolute Gasteiger partial charge is 0.365 e. The van der Waals surface area contributed by atoms with Gasteiger partial charge in [-0.25, -0.2) is 9.18 Å². The van der Waals surface area contributed by atoms with Gasteiger partial charge in [-0.15, -0.1) is 0 Å². The lowest BCUT2D eigenvalue weighted by molar-refractivity contribution is 0.0517. The average Bonchev–Trinajstić information content (AvgIpc) is 2.64. The Bertz CT molecular complexity index is 806. The van der Waals surface area contributed by atoms with Crippen molar-refractivity contribution in [3.63, 3.8) is 0 Å². The maximum absolute atomic E-state index is 12.9. The summed E-state index contributed by atoms with van der Waals surface area (Å²) < 4.78 is 12.9. The zero-order valence-electron chi connectivity index (χ0n) is 12.6. The fraction of sp³-hybridized carbons (Fsp3) is 0. The van der Waals surface area contributed by atoms with Crippen molar-refractivity contribution in [3.05, 3.63) is 102 Å². The molecule has 0 amide bonds. The number of rotatable bonds is 4. The Hall–Kier alpha value is -3.34. The van der Waals surface area contributed by atoms with E-state index in [0.717, 1.165) is 11.1 Å². The third kappa shape index (κ3) is 3.70. The Kier molecular flexibility index (Phi) is 4.72. The van der Waals surface area contributed by atoms with Crippen LogP contribution in [0, 0.1) is 5.82 Å². The highest BCUT2D eigenvalue weighted by Crippen LogP contribution is 2.11. The topological polar surface area (TPSA) is 51.5 Å². The van der Waals surface area contributed by atoms with Gasteiger partial charge in [0.15, 0.2) is 0 Å². The van der Waals surface area contributed by atoms with Gasteiger partial charge in [0, 0.05) is 23.5 Å². The van der Waals surface area contributed by atoms with E-state index in [1.165, 1.54) is 24.3 Å². The smallest absolute Gasteiger partial charge is 0.312 e. The molecule has 118 valence electrons. The Morgan fingerprint density at radius 1 is 0.875 bits per heavy atom. The summed E-state index contributed by atoms with van der Waals surface area (Å²) in [5.74, 6) is -1.08. The highest BCUT2D eigenvalue weighted by molar-refractivity contribution is 6.12. The monoisotopic (exact) mass is 320 g/mol. The van der Waals surface area contributed by atoms with E-state index in [-0.39, 0.29) is 5.56 Å². The van der Waals surface area contributed by atoms with Gasteiger partial charge in [0.05, 0.1) is 5.56 Å². The molecule has 0 atom stereocenters. The van der Waals surface area contributed by atoms with Crippen LogP contribution in [0.1, 0.15) is 21.5 Å². The highest BCUT2D eigenvalue weighted by atomic mass is 19.1. The van der Waals surface area contributed by atoms with E-state index in [0.29, 0.717) is 5.71 Å². The van der Waals surface area contributed by atoms with E-state index >= 15 is 0 Å². The number of hydrogen-bond acceptors (Lipinski definition) is 4. The van der Waals surface area contributed by atoms with Gasteiger partial charge in [0.1, 0.15) is 11.5 Å². The molecule has 0 saturated carbocycles. The van der Waals surface area contributed by atoms with Crippen LogP contribution in [0.5, 0.6) is 0 Å². The molecule has 0 fully saturated rings. The lowest BCUT2D eigenvalue weighted by atomic mass is 10.0. The van der Waals surface area contributed by atoms with E-state index in [1.807, 2.05) is 36.4 Å². The van der Waals surface area contributed by atoms with Gasteiger partial charge in [-0.1, -0.05) is 35.5 Å². The number of oxime groups is 1. The minimum Gasteiger partial charge on any atom is -0.312 e. The molecular formula is C19H13FN2O2. The van der Waals surface area contributed by atoms with E-state index in [4.69, 9.17) is 4.84 Å². The molecule has 4 nitrogen and oxygen atoms in total. The molecule has 0 aliphatic heterocycles. The Morgan fingerprint density at radius 3 is 2.25 bits per heavy atom. The first kappa shape index (κ1) is 15.6. The minimum absolute atomic E-state index is 0.221. The molecule has 0 aliphatic carbocycles. The summed E-state index contributed by atoms with van der Waals surface area (Å²) in [6.07, 6.45) is 3.29. The third-order valence-corrected chi connectivity index (χ3v) is 3.28. The van der Waals surface area contributed by atoms with E-state index in [1.54, 1.807) is 18.5 Å². The molecule has 0 aliphatic rings. The average molecular weight is 320 g/mol. The van der Waals surface area contributed by atoms with Crippen LogP contribution in [0.2, 0.25) is 0 Å². The van der Waals surface area contributed by atoms with Gasteiger partial charge in [0.2, 0.25) is 0 Å². The van der Waals surface area contributed by atoms with Crippen molar-refractivity contribution in [2.24, 2.45) is 5.16 Å². The van der Waals surface area contributed by atoms with Gasteiger partial charge in [-0.3, -0.25) is 4.98 Å². The van der Waals surface area contributed by atoms with E-state index in [9.17, 15) is 9.18 Å². The summed E-state index contributed by atoms with van der Waals surface area (Å²) in [6.45, 7) is 0. The Balaban J connectivity index is 1.90. The number of carbonyl (C=O) groups excluding carboxylic acids is 1. The van der Waals surface area contributed by atoms with Gasteiger partial charge in [0.25, 0.3) is 0 Å². The second-order valence-corrected chi connectivity index (χ2v) is 4.93. The van der Waals surface area contributed by atoms with Crippen LogP contribution < -0.4 is 0 Å². The number of aromatic nitrogens is 1. The predicted octanol–water partition coefficient (Wildman–Crippen LogP) is 3.83. The van der Waals surface area contributed by atoms with Crippen LogP contribution in [0.3, 0.4) is 0 Å². The lowest BCUT2D eigenvalue weighted by Gasteiger charge is -2.06. The molecule has 2 aromatic carbocycles. The van der Waals surface area contributed by atoms with Gasteiger partial charge >= 0.3 is 5.97 Å². The van der Waals surface area contributed by atoms with Crippen LogP contribution in [-0.2, 0) is 4.84 Å². The molecule has 0 unspecified atom stereocenters. The first-order valence-corrected chi connectivity index (χ1v) is 7.25. The maximum atomic E-state index is 12.9. The van der Waals surface area contributed by atoms with Crippen LogP contribution in [0.15, 0.2) is 84.3 Å². The van der Waals surface area contributed by atoms with Crippen molar-refractivity contribution in [2.45, 2.75) is 0 Å². The lowest BCUT2D eigenvalue weighted by Crippen LogP contribution is -2.08. The zero-order chi connectivity index (χ0) is 16.8. The molecule has 0 bridgehead atoms. The van der Waals surface area contributed by atoms with Crippen LogP contribution in [0.4, 0.5) is 4.39 Å². The molecule has 24 heavy (non-hydrogen) atoms. The molecule has 0 saturated heterocycles. The van der Waals surface area contributed by atoms with E-state index in [2.05, 4.69) is 10.1 Å². The van der Waals surface area contributed by atoms with Crippen molar-refractivity contribution in [2.75, 3.05) is 0 Å². The van der Waals surface area contributed by atoms with Gasteiger partial charge in [-0.2, -0.15) is 0 Å². The van der Waals surface area contributed by atoms with Crippen molar-refractivity contribution in [3.8, 4) is 0 Å². The molecule has 1 aromatic heterocycles. The van der Waals surface area contributed by atoms with Crippen molar-refractivity contribution >= 4 is 11.7 Å². The number of halogens is 1. The summed E-state index contributed by atoms with van der Waals surface area (Å²) in [5.41, 5.74) is 2.21. The van der Waals surface area contributed by atoms with Gasteiger partial charge in [-0.05, 0) is 36.4 Å². The fourth-order valence-corrected chi connectivity index (χ4v) is 2.10. The molecule has 5 heteroatoms. The first-order valence-electron chi connectivity index (χ1n) is 7.25. The standard InChI is InChI=1S/C19H13FN2O2/c20-17-10-8-15(9-11-17)19(23)24-22-18(14-5-2-1-3-6-14)16-7-4-12-21-13-16/h1-13H/b22-18+. The van der Waals surface area contributed by atoms with Crippen LogP contribution in [-0.4, -0.2) is 16.7 Å². The van der Waals surface area contributed by atoms with Crippen LogP contribution >= 0.6 is 0 Å². The van der Waals surface area contributed by atoms with Gasteiger partial charge < -0.3 is 4.84 Å². The normalized spacial score (nSPS) is 11.1.